The van der Waals surface area contributed by atoms with Gasteiger partial charge in [0.05, 0.1) is 16.9 Å². The summed E-state index contributed by atoms with van der Waals surface area (Å²) in [5, 5.41) is 31.3. The minimum atomic E-state index is -2.41. The Kier molecular flexibility index (Phi) is 6.06. The second-order valence-corrected chi connectivity index (χ2v) is 2.86. The molecule has 18 heavy (non-hydrogen) atoms. The molecule has 8 nitrogen and oxygen atoms in total. The van der Waals surface area contributed by atoms with Gasteiger partial charge in [-0.15, -0.1) is 0 Å². The van der Waals surface area contributed by atoms with Gasteiger partial charge in [-0.05, 0) is 6.07 Å². The van der Waals surface area contributed by atoms with E-state index < -0.39 is 34.4 Å². The van der Waals surface area contributed by atoms with Crippen molar-refractivity contribution in [3.8, 4) is 5.75 Å². The van der Waals surface area contributed by atoms with Crippen molar-refractivity contribution in [3.63, 3.8) is 0 Å². The van der Waals surface area contributed by atoms with E-state index in [1.54, 1.807) is 0 Å². The van der Waals surface area contributed by atoms with Crippen molar-refractivity contribution in [2.75, 3.05) is 0 Å². The molecule has 9 heteroatoms. The fraction of sp³-hybridized carbons (Fsp3) is 0.111. The summed E-state index contributed by atoms with van der Waals surface area (Å²) in [5.41, 5.74) is -0.556. The van der Waals surface area contributed by atoms with Crippen LogP contribution in [0.5, 0.6) is 5.75 Å². The van der Waals surface area contributed by atoms with Crippen LogP contribution in [0.2, 0.25) is 0 Å². The number of hydrogen-bond donors (Lipinski definition) is 0. The van der Waals surface area contributed by atoms with E-state index in [1.807, 2.05) is 0 Å². The van der Waals surface area contributed by atoms with Gasteiger partial charge in [0.25, 0.3) is 0 Å². The average Bonchev–Trinajstić information content (AvgIpc) is 2.25. The van der Waals surface area contributed by atoms with Gasteiger partial charge in [-0.2, -0.15) is 0 Å². The van der Waals surface area contributed by atoms with E-state index in [0.717, 1.165) is 12.1 Å². The molecule has 0 atom stereocenters. The summed E-state index contributed by atoms with van der Waals surface area (Å²) in [4.78, 5) is 30.5. The van der Waals surface area contributed by atoms with Crippen LogP contribution in [0.15, 0.2) is 24.3 Å². The molecule has 0 fully saturated rings. The van der Waals surface area contributed by atoms with Crippen LogP contribution < -0.4 is 14.9 Å². The van der Waals surface area contributed by atoms with Crippen molar-refractivity contribution >= 4 is 40.7 Å². The first-order valence-corrected chi connectivity index (χ1v) is 4.25. The van der Waals surface area contributed by atoms with E-state index in [9.17, 15) is 29.9 Å². The minimum Gasteiger partial charge on any atom is -0.546 e. The molecule has 0 aliphatic rings. The minimum absolute atomic E-state index is 0. The van der Waals surface area contributed by atoms with E-state index >= 15 is 0 Å². The number of para-hydroxylation sites is 2. The predicted octanol–water partition coefficient (Wildman–Crippen LogP) is -2.54. The van der Waals surface area contributed by atoms with Crippen LogP contribution in [0.1, 0.15) is 0 Å². The third-order valence-corrected chi connectivity index (χ3v) is 1.73. The Morgan fingerprint density at radius 3 is 2.11 bits per heavy atom. The van der Waals surface area contributed by atoms with Gasteiger partial charge < -0.3 is 24.5 Å². The maximum atomic E-state index is 10.5. The van der Waals surface area contributed by atoms with Crippen LogP contribution >= 0.6 is 0 Å². The molecule has 1 aromatic carbocycles. The molecule has 0 heterocycles. The molecule has 0 N–H and O–H groups in total. The normalized spacial score (nSPS) is 9.39. The summed E-state index contributed by atoms with van der Waals surface area (Å²) in [5.74, 6) is -4.60. The van der Waals surface area contributed by atoms with Crippen LogP contribution in [-0.4, -0.2) is 46.0 Å². The topological polar surface area (TPSA) is 133 Å². The third kappa shape index (κ3) is 3.86. The van der Waals surface area contributed by atoms with Crippen molar-refractivity contribution in [1.82, 2.24) is 0 Å². The zero-order chi connectivity index (χ0) is 13.0. The summed E-state index contributed by atoms with van der Waals surface area (Å²) >= 11 is 0. The molecule has 0 aromatic heterocycles. The molecule has 1 aromatic rings. The van der Waals surface area contributed by atoms with Gasteiger partial charge in [0.2, 0.25) is 0 Å². The van der Waals surface area contributed by atoms with Gasteiger partial charge >= 0.3 is 28.7 Å². The van der Waals surface area contributed by atoms with Gasteiger partial charge in [0, 0.05) is 6.07 Å². The monoisotopic (exact) mass is 263 g/mol. The number of ether oxygens (including phenoxy) is 1. The molecule has 90 valence electrons. The van der Waals surface area contributed by atoms with Gasteiger partial charge in [-0.25, -0.2) is 0 Å². The molecular formula is C9H5MgNO7. The van der Waals surface area contributed by atoms with E-state index in [1.165, 1.54) is 12.1 Å². The molecular weight excluding hydrogens is 258 g/mol. The van der Waals surface area contributed by atoms with Crippen molar-refractivity contribution < 1.29 is 29.5 Å². The Labute approximate surface area is 116 Å². The van der Waals surface area contributed by atoms with Crippen LogP contribution in [0, 0.1) is 10.1 Å². The fourth-order valence-corrected chi connectivity index (χ4v) is 1.03. The van der Waals surface area contributed by atoms with Crippen molar-refractivity contribution in [2.45, 2.75) is 6.10 Å². The Balaban J connectivity index is 0.00000289. The standard InChI is InChI=1S/C9H7NO7.Mg/c11-8(12)7(9(13)14)17-6-4-2-1-3-5(6)10(15)16;/h1-4,7H,(H,11,12)(H,13,14);/q;+2/p-2. The maximum absolute atomic E-state index is 10.5. The number of nitro groups is 1. The van der Waals surface area contributed by atoms with Crippen molar-refractivity contribution in [1.29, 1.82) is 0 Å². The quantitative estimate of drug-likeness (QED) is 0.247. The fourth-order valence-electron chi connectivity index (χ4n) is 1.03. The molecule has 0 radical (unpaired) electrons. The van der Waals surface area contributed by atoms with E-state index in [2.05, 4.69) is 4.74 Å². The molecule has 0 bridgehead atoms. The van der Waals surface area contributed by atoms with E-state index in [-0.39, 0.29) is 23.1 Å². The first-order valence-electron chi connectivity index (χ1n) is 4.25. The van der Waals surface area contributed by atoms with Crippen LogP contribution in [0.25, 0.3) is 0 Å². The Morgan fingerprint density at radius 2 is 1.67 bits per heavy atom. The van der Waals surface area contributed by atoms with Gasteiger partial charge in [0.1, 0.15) is 0 Å². The molecule has 0 unspecified atom stereocenters. The number of nitrogens with zero attached hydrogens (tertiary/aromatic N) is 1. The van der Waals surface area contributed by atoms with Gasteiger partial charge in [-0.3, -0.25) is 10.1 Å². The smallest absolute Gasteiger partial charge is 0.546 e. The van der Waals surface area contributed by atoms with E-state index in [4.69, 9.17) is 0 Å². The number of carbonyl (C=O) groups excluding carboxylic acids is 2. The number of carboxylic acids is 2. The van der Waals surface area contributed by atoms with Crippen molar-refractivity contribution in [3.05, 3.63) is 34.4 Å². The molecule has 0 saturated heterocycles. The molecule has 0 aliphatic carbocycles. The van der Waals surface area contributed by atoms with Crippen LogP contribution in [-0.2, 0) is 9.59 Å². The zero-order valence-electron chi connectivity index (χ0n) is 8.90. The Bertz CT molecular complexity index is 462. The number of nitro benzene ring substituents is 1. The molecule has 0 spiro atoms. The number of carbonyl (C=O) groups is 2. The SMILES string of the molecule is O=C([O-])C(Oc1ccccc1[N+](=O)[O-])C(=O)[O-].[Mg+2]. The zero-order valence-corrected chi connectivity index (χ0v) is 10.3. The second kappa shape index (κ2) is 6.76. The number of aliphatic carboxylic acids is 2. The second-order valence-electron chi connectivity index (χ2n) is 2.86. The molecule has 0 saturated carbocycles. The predicted molar refractivity (Wildman–Crippen MR) is 53.3 cm³/mol. The summed E-state index contributed by atoms with van der Waals surface area (Å²) in [7, 11) is 0. The summed E-state index contributed by atoms with van der Waals surface area (Å²) in [6.45, 7) is 0. The number of rotatable bonds is 5. The number of benzene rings is 1. The van der Waals surface area contributed by atoms with Crippen molar-refractivity contribution in [2.24, 2.45) is 0 Å². The molecule has 0 amide bonds. The first kappa shape index (κ1) is 16.1. The summed E-state index contributed by atoms with van der Waals surface area (Å²) in [6.07, 6.45) is -2.41. The molecule has 1 rings (SSSR count). The average molecular weight is 263 g/mol. The third-order valence-electron chi connectivity index (χ3n) is 1.73. The Morgan fingerprint density at radius 1 is 1.17 bits per heavy atom. The largest absolute Gasteiger partial charge is 2.00 e. The summed E-state index contributed by atoms with van der Waals surface area (Å²) < 4.78 is 4.46. The summed E-state index contributed by atoms with van der Waals surface area (Å²) in [6, 6.07) is 4.75. The first-order chi connectivity index (χ1) is 7.93. The van der Waals surface area contributed by atoms with Gasteiger partial charge in [-0.1, -0.05) is 12.1 Å². The maximum Gasteiger partial charge on any atom is 2.00 e. The Hall–Kier alpha value is -1.87. The van der Waals surface area contributed by atoms with Gasteiger partial charge in [0.15, 0.2) is 11.9 Å². The van der Waals surface area contributed by atoms with Crippen LogP contribution in [0.4, 0.5) is 5.69 Å². The molecule has 0 aliphatic heterocycles. The van der Waals surface area contributed by atoms with E-state index in [0.29, 0.717) is 0 Å². The number of hydrogen-bond acceptors (Lipinski definition) is 7. The number of carboxylic acid groups (broad SMARTS) is 2. The van der Waals surface area contributed by atoms with Crippen LogP contribution in [0.3, 0.4) is 0 Å².